The van der Waals surface area contributed by atoms with Crippen molar-refractivity contribution in [2.75, 3.05) is 13.2 Å². The van der Waals surface area contributed by atoms with E-state index in [0.29, 0.717) is 18.8 Å². The van der Waals surface area contributed by atoms with Gasteiger partial charge in [-0.2, -0.15) is 0 Å². The Morgan fingerprint density at radius 2 is 1.89 bits per heavy atom. The second-order valence-corrected chi connectivity index (χ2v) is 9.64. The third-order valence-corrected chi connectivity index (χ3v) is 6.88. The summed E-state index contributed by atoms with van der Waals surface area (Å²) < 4.78 is 33.2. The molecule has 1 amide bonds. The Bertz CT molecular complexity index is 761. The van der Waals surface area contributed by atoms with Gasteiger partial charge in [0.2, 0.25) is 15.9 Å². The van der Waals surface area contributed by atoms with E-state index in [1.165, 1.54) is 0 Å². The predicted octanol–water partition coefficient (Wildman–Crippen LogP) is 1.49. The van der Waals surface area contributed by atoms with Crippen LogP contribution < -0.4 is 10.0 Å². The Balaban J connectivity index is 1.44. The van der Waals surface area contributed by atoms with Gasteiger partial charge in [0.05, 0.1) is 23.6 Å². The van der Waals surface area contributed by atoms with E-state index in [4.69, 9.17) is 4.74 Å². The number of carbonyl (C=O) groups excluding carboxylic acids is 1. The summed E-state index contributed by atoms with van der Waals surface area (Å²) in [7, 11) is -3.54. The maximum Gasteiger partial charge on any atom is 0.240 e. The van der Waals surface area contributed by atoms with Crippen LogP contribution in [-0.2, 0) is 19.6 Å². The molecule has 1 aliphatic heterocycles. The highest BCUT2D eigenvalue weighted by atomic mass is 32.2. The molecule has 0 spiro atoms. The van der Waals surface area contributed by atoms with Crippen molar-refractivity contribution < 1.29 is 23.1 Å². The molecule has 0 radical (unpaired) electrons. The Hall–Kier alpha value is -1.48. The van der Waals surface area contributed by atoms with Crippen molar-refractivity contribution >= 4 is 15.9 Å². The molecule has 156 valence electrons. The lowest BCUT2D eigenvalue weighted by molar-refractivity contribution is -0.128. The lowest BCUT2D eigenvalue weighted by atomic mass is 9.97. The van der Waals surface area contributed by atoms with Crippen LogP contribution in [0.4, 0.5) is 0 Å². The van der Waals surface area contributed by atoms with E-state index >= 15 is 0 Å². The van der Waals surface area contributed by atoms with Gasteiger partial charge in [0.15, 0.2) is 0 Å². The van der Waals surface area contributed by atoms with Gasteiger partial charge in [-0.25, -0.2) is 13.1 Å². The summed E-state index contributed by atoms with van der Waals surface area (Å²) in [6, 6.07) is 6.53. The van der Waals surface area contributed by atoms with E-state index in [1.807, 2.05) is 6.92 Å². The first-order valence-corrected chi connectivity index (χ1v) is 11.5. The first kappa shape index (κ1) is 21.2. The maximum atomic E-state index is 12.3. The molecule has 2 fully saturated rings. The lowest BCUT2D eigenvalue weighted by Crippen LogP contribution is -2.51. The predicted molar refractivity (Wildman–Crippen MR) is 105 cm³/mol. The largest absolute Gasteiger partial charge is 0.394 e. The van der Waals surface area contributed by atoms with Crippen molar-refractivity contribution in [3.05, 3.63) is 29.8 Å². The fourth-order valence-corrected chi connectivity index (χ4v) is 4.56. The summed E-state index contributed by atoms with van der Waals surface area (Å²) >= 11 is 0. The second kappa shape index (κ2) is 9.35. The van der Waals surface area contributed by atoms with Crippen molar-refractivity contribution in [3.63, 3.8) is 0 Å². The van der Waals surface area contributed by atoms with E-state index in [0.717, 1.165) is 31.2 Å². The molecule has 1 aromatic rings. The van der Waals surface area contributed by atoms with Gasteiger partial charge in [-0.1, -0.05) is 17.7 Å². The number of benzene rings is 1. The molecule has 0 aromatic heterocycles. The second-order valence-electron chi connectivity index (χ2n) is 7.88. The molecule has 3 atom stereocenters. The first-order valence-electron chi connectivity index (χ1n) is 9.99. The van der Waals surface area contributed by atoms with Crippen molar-refractivity contribution in [1.82, 2.24) is 10.0 Å². The molecule has 7 nitrogen and oxygen atoms in total. The number of ether oxygens (including phenoxy) is 1. The number of hydrogen-bond acceptors (Lipinski definition) is 5. The highest BCUT2D eigenvalue weighted by molar-refractivity contribution is 7.89. The van der Waals surface area contributed by atoms with Crippen LogP contribution in [0.2, 0.25) is 0 Å². The zero-order valence-corrected chi connectivity index (χ0v) is 17.1. The van der Waals surface area contributed by atoms with E-state index in [2.05, 4.69) is 10.0 Å². The first-order chi connectivity index (χ1) is 13.4. The normalized spacial score (nSPS) is 25.4. The average Bonchev–Trinajstić information content (AvgIpc) is 3.47. The van der Waals surface area contributed by atoms with Gasteiger partial charge < -0.3 is 15.2 Å². The smallest absolute Gasteiger partial charge is 0.240 e. The van der Waals surface area contributed by atoms with Crippen LogP contribution in [0.5, 0.6) is 0 Å². The summed E-state index contributed by atoms with van der Waals surface area (Å²) in [5.74, 6) is 0.547. The van der Waals surface area contributed by atoms with Crippen LogP contribution in [0.1, 0.15) is 44.1 Å². The van der Waals surface area contributed by atoms with Crippen LogP contribution in [-0.4, -0.2) is 50.8 Å². The van der Waals surface area contributed by atoms with Gasteiger partial charge in [0.1, 0.15) is 6.10 Å². The third-order valence-electron chi connectivity index (χ3n) is 5.40. The summed E-state index contributed by atoms with van der Waals surface area (Å²) in [6.45, 7) is 2.00. The number of aliphatic hydroxyl groups is 1. The molecule has 0 unspecified atom stereocenters. The molecule has 0 bridgehead atoms. The van der Waals surface area contributed by atoms with Crippen LogP contribution in [0, 0.1) is 12.8 Å². The minimum atomic E-state index is -3.54. The third kappa shape index (κ3) is 6.01. The van der Waals surface area contributed by atoms with E-state index in [1.54, 1.807) is 24.3 Å². The molecule has 3 N–H and O–H groups in total. The summed E-state index contributed by atoms with van der Waals surface area (Å²) in [5.41, 5.74) is 1.00. The van der Waals surface area contributed by atoms with Crippen molar-refractivity contribution in [2.45, 2.75) is 68.6 Å². The van der Waals surface area contributed by atoms with Gasteiger partial charge in [-0.3, -0.25) is 4.79 Å². The van der Waals surface area contributed by atoms with E-state index < -0.39 is 16.1 Å². The monoisotopic (exact) mass is 410 g/mol. The molecular formula is C20H30N2O5S. The zero-order valence-electron chi connectivity index (χ0n) is 16.3. The van der Waals surface area contributed by atoms with Gasteiger partial charge in [-0.15, -0.1) is 0 Å². The molecule has 1 aromatic carbocycles. The van der Waals surface area contributed by atoms with Crippen LogP contribution >= 0.6 is 0 Å². The maximum absolute atomic E-state index is 12.3. The molecule has 3 rings (SSSR count). The highest BCUT2D eigenvalue weighted by Crippen LogP contribution is 2.32. The zero-order chi connectivity index (χ0) is 20.1. The van der Waals surface area contributed by atoms with Gasteiger partial charge in [0.25, 0.3) is 0 Å². The number of sulfonamides is 1. The van der Waals surface area contributed by atoms with Gasteiger partial charge in [0, 0.05) is 13.0 Å². The molecule has 1 aliphatic carbocycles. The summed E-state index contributed by atoms with van der Waals surface area (Å²) in [4.78, 5) is 12.3. The topological polar surface area (TPSA) is 105 Å². The SMILES string of the molecule is Cc1ccc(S(=O)(=O)NCC[C@@H]2CC[C@@H](NC(=O)CC3CC3)[C@H](CO)O2)cc1. The Labute approximate surface area is 166 Å². The molecule has 1 heterocycles. The van der Waals surface area contributed by atoms with E-state index in [9.17, 15) is 18.3 Å². The molecular weight excluding hydrogens is 380 g/mol. The van der Waals surface area contributed by atoms with E-state index in [-0.39, 0.29) is 36.1 Å². The molecule has 28 heavy (non-hydrogen) atoms. The number of aryl methyl sites for hydroxylation is 1. The standard InChI is InChI=1S/C20H30N2O5S/c1-14-2-7-17(8-3-14)28(25,26)21-11-10-16-6-9-18(19(13-23)27-16)22-20(24)12-15-4-5-15/h2-3,7-8,15-16,18-19,21,23H,4-6,9-13H2,1H3,(H,22,24)/t16-,18+,19-/m0/s1. The quantitative estimate of drug-likeness (QED) is 0.572. The Morgan fingerprint density at radius 1 is 1.18 bits per heavy atom. The fourth-order valence-electron chi connectivity index (χ4n) is 3.51. The van der Waals surface area contributed by atoms with Crippen LogP contribution in [0.25, 0.3) is 0 Å². The van der Waals surface area contributed by atoms with Gasteiger partial charge >= 0.3 is 0 Å². The fraction of sp³-hybridized carbons (Fsp3) is 0.650. The van der Waals surface area contributed by atoms with Crippen molar-refractivity contribution in [2.24, 2.45) is 5.92 Å². The minimum Gasteiger partial charge on any atom is -0.394 e. The van der Waals surface area contributed by atoms with Crippen molar-refractivity contribution in [3.8, 4) is 0 Å². The number of amides is 1. The number of aliphatic hydroxyl groups excluding tert-OH is 1. The molecule has 2 aliphatic rings. The summed E-state index contributed by atoms with van der Waals surface area (Å²) in [5, 5.41) is 12.6. The Kier molecular flexibility index (Phi) is 7.09. The lowest BCUT2D eigenvalue weighted by Gasteiger charge is -2.36. The highest BCUT2D eigenvalue weighted by Gasteiger charge is 2.33. The average molecular weight is 411 g/mol. The van der Waals surface area contributed by atoms with Crippen molar-refractivity contribution in [1.29, 1.82) is 0 Å². The molecule has 1 saturated heterocycles. The molecule has 1 saturated carbocycles. The number of rotatable bonds is 9. The number of hydrogen-bond donors (Lipinski definition) is 3. The number of nitrogens with one attached hydrogen (secondary N) is 2. The summed E-state index contributed by atoms with van der Waals surface area (Å²) in [6.07, 6.45) is 4.17. The van der Waals surface area contributed by atoms with Crippen LogP contribution in [0.3, 0.4) is 0 Å². The minimum absolute atomic E-state index is 0.0267. The number of carbonyl (C=O) groups is 1. The van der Waals surface area contributed by atoms with Crippen LogP contribution in [0.15, 0.2) is 29.2 Å². The Morgan fingerprint density at radius 3 is 2.54 bits per heavy atom. The molecule has 8 heteroatoms. The van der Waals surface area contributed by atoms with Gasteiger partial charge in [-0.05, 0) is 57.1 Å².